The maximum Gasteiger partial charge on any atom is 0.416 e. The fourth-order valence-corrected chi connectivity index (χ4v) is 5.67. The van der Waals surface area contributed by atoms with E-state index in [0.717, 1.165) is 52.7 Å². The van der Waals surface area contributed by atoms with E-state index in [4.69, 9.17) is 14.8 Å². The van der Waals surface area contributed by atoms with Crippen LogP contribution in [-0.2, 0) is 24.1 Å². The van der Waals surface area contributed by atoms with Crippen molar-refractivity contribution in [1.29, 1.82) is 0 Å². The number of carbonyl (C=O) groups is 1. The SMILES string of the molecule is CC(C)CCN(Cc1ccc(COc2ccc(C3CC3C(=O)O)cc2)cc1)c1nc(-c2ccc(C(F)(F)F)cc2)cs1. The van der Waals surface area contributed by atoms with E-state index in [1.807, 2.05) is 41.8 Å². The second kappa shape index (κ2) is 12.6. The summed E-state index contributed by atoms with van der Waals surface area (Å²) in [6, 6.07) is 21.0. The summed E-state index contributed by atoms with van der Waals surface area (Å²) in [6.07, 6.45) is -2.69. The van der Waals surface area contributed by atoms with Crippen LogP contribution in [0.25, 0.3) is 11.3 Å². The summed E-state index contributed by atoms with van der Waals surface area (Å²) in [4.78, 5) is 18.1. The molecule has 9 heteroatoms. The molecule has 0 amide bonds. The lowest BCUT2D eigenvalue weighted by molar-refractivity contribution is -0.139. The molecule has 0 aliphatic heterocycles. The number of benzene rings is 3. The van der Waals surface area contributed by atoms with E-state index in [2.05, 4.69) is 30.9 Å². The van der Waals surface area contributed by atoms with Crippen LogP contribution in [0.2, 0.25) is 0 Å². The van der Waals surface area contributed by atoms with Crippen molar-refractivity contribution in [2.24, 2.45) is 11.8 Å². The van der Waals surface area contributed by atoms with Gasteiger partial charge in [-0.25, -0.2) is 4.98 Å². The first kappa shape index (κ1) is 29.6. The Kier molecular flexibility index (Phi) is 8.87. The standard InChI is InChI=1S/C33H33F3N2O3S/c1-21(2)15-16-38(32-37-30(20-42-32)25-7-11-26(12-8-25)33(34,35)36)18-22-3-5-23(6-4-22)19-41-27-13-9-24(10-14-27)28-17-29(28)31(39)40/h3-14,20-21,28-29H,15-19H2,1-2H3,(H,39,40). The smallest absolute Gasteiger partial charge is 0.416 e. The number of aromatic nitrogens is 1. The molecule has 4 aromatic rings. The molecule has 0 spiro atoms. The molecule has 1 aromatic heterocycles. The molecular weight excluding hydrogens is 561 g/mol. The Morgan fingerprint density at radius 2 is 1.69 bits per heavy atom. The number of hydrogen-bond acceptors (Lipinski definition) is 5. The Balaban J connectivity index is 1.20. The average molecular weight is 595 g/mol. The molecule has 2 atom stereocenters. The first-order valence-electron chi connectivity index (χ1n) is 14.0. The maximum absolute atomic E-state index is 13.0. The monoisotopic (exact) mass is 594 g/mol. The Bertz CT molecular complexity index is 1480. The van der Waals surface area contributed by atoms with Crippen LogP contribution in [0.1, 0.15) is 54.9 Å². The Morgan fingerprint density at radius 3 is 2.29 bits per heavy atom. The lowest BCUT2D eigenvalue weighted by Gasteiger charge is -2.23. The van der Waals surface area contributed by atoms with Gasteiger partial charge in [-0.2, -0.15) is 13.2 Å². The van der Waals surface area contributed by atoms with Crippen molar-refractivity contribution in [3.63, 3.8) is 0 Å². The lowest BCUT2D eigenvalue weighted by Crippen LogP contribution is -2.24. The number of aliphatic carboxylic acids is 1. The topological polar surface area (TPSA) is 62.7 Å². The number of halogens is 3. The van der Waals surface area contributed by atoms with Crippen molar-refractivity contribution in [1.82, 2.24) is 4.98 Å². The van der Waals surface area contributed by atoms with Gasteiger partial charge in [-0.3, -0.25) is 4.79 Å². The number of anilines is 1. The maximum atomic E-state index is 13.0. The Hall–Kier alpha value is -3.85. The number of carboxylic acid groups (broad SMARTS) is 1. The van der Waals surface area contributed by atoms with Crippen molar-refractivity contribution in [3.05, 3.63) is 100 Å². The van der Waals surface area contributed by atoms with E-state index < -0.39 is 17.7 Å². The molecule has 1 aliphatic rings. The van der Waals surface area contributed by atoms with E-state index in [9.17, 15) is 18.0 Å². The second-order valence-corrected chi connectivity index (χ2v) is 12.0. The van der Waals surface area contributed by atoms with Crippen LogP contribution in [0, 0.1) is 11.8 Å². The third-order valence-corrected chi connectivity index (χ3v) is 8.37. The highest BCUT2D eigenvalue weighted by atomic mass is 32.1. The van der Waals surface area contributed by atoms with E-state index in [-0.39, 0.29) is 11.8 Å². The zero-order chi connectivity index (χ0) is 29.9. The summed E-state index contributed by atoms with van der Waals surface area (Å²) >= 11 is 1.49. The molecule has 5 nitrogen and oxygen atoms in total. The quantitative estimate of drug-likeness (QED) is 0.178. The van der Waals surface area contributed by atoms with Gasteiger partial charge < -0.3 is 14.7 Å². The van der Waals surface area contributed by atoms with Gasteiger partial charge in [0.1, 0.15) is 12.4 Å². The molecule has 3 aromatic carbocycles. The molecule has 2 unspecified atom stereocenters. The van der Waals surface area contributed by atoms with Crippen LogP contribution >= 0.6 is 11.3 Å². The van der Waals surface area contributed by atoms with Gasteiger partial charge in [-0.1, -0.05) is 62.4 Å². The number of nitrogens with zero attached hydrogens (tertiary/aromatic N) is 2. The Labute approximate surface area is 247 Å². The van der Waals surface area contributed by atoms with Crippen LogP contribution in [0.4, 0.5) is 18.3 Å². The second-order valence-electron chi connectivity index (χ2n) is 11.2. The molecule has 220 valence electrons. The first-order chi connectivity index (χ1) is 20.1. The minimum atomic E-state index is -4.36. The van der Waals surface area contributed by atoms with E-state index in [1.54, 1.807) is 0 Å². The van der Waals surface area contributed by atoms with Gasteiger partial charge >= 0.3 is 12.1 Å². The van der Waals surface area contributed by atoms with Crippen LogP contribution in [0.15, 0.2) is 78.2 Å². The van der Waals surface area contributed by atoms with Gasteiger partial charge in [0.2, 0.25) is 0 Å². The van der Waals surface area contributed by atoms with Gasteiger partial charge in [0, 0.05) is 24.0 Å². The highest BCUT2D eigenvalue weighted by Gasteiger charge is 2.44. The van der Waals surface area contributed by atoms with Gasteiger partial charge in [0.05, 0.1) is 17.2 Å². The summed E-state index contributed by atoms with van der Waals surface area (Å²) < 4.78 is 44.8. The fourth-order valence-electron chi connectivity index (χ4n) is 4.80. The number of alkyl halides is 3. The van der Waals surface area contributed by atoms with Gasteiger partial charge in [-0.15, -0.1) is 11.3 Å². The summed E-state index contributed by atoms with van der Waals surface area (Å²) in [5.74, 6) is 0.348. The molecule has 1 heterocycles. The molecule has 1 fully saturated rings. The van der Waals surface area contributed by atoms with E-state index >= 15 is 0 Å². The highest BCUT2D eigenvalue weighted by molar-refractivity contribution is 7.14. The average Bonchev–Trinajstić information content (AvgIpc) is 3.63. The van der Waals surface area contributed by atoms with Gasteiger partial charge in [0.15, 0.2) is 5.13 Å². The minimum Gasteiger partial charge on any atom is -0.489 e. The zero-order valence-corrected chi connectivity index (χ0v) is 24.3. The zero-order valence-electron chi connectivity index (χ0n) is 23.5. The number of ether oxygens (including phenoxy) is 1. The summed E-state index contributed by atoms with van der Waals surface area (Å²) in [6.45, 7) is 6.24. The van der Waals surface area contributed by atoms with E-state index in [0.29, 0.717) is 36.7 Å². The van der Waals surface area contributed by atoms with Crippen LogP contribution < -0.4 is 9.64 Å². The number of carboxylic acids is 1. The highest BCUT2D eigenvalue weighted by Crippen LogP contribution is 2.47. The molecule has 5 rings (SSSR count). The molecule has 1 saturated carbocycles. The predicted octanol–water partition coefficient (Wildman–Crippen LogP) is 8.65. The van der Waals surface area contributed by atoms with Gasteiger partial charge in [-0.05, 0) is 65.6 Å². The molecule has 1 N–H and O–H groups in total. The van der Waals surface area contributed by atoms with Crippen molar-refractivity contribution in [3.8, 4) is 17.0 Å². The normalized spacial score (nSPS) is 16.4. The number of thiazole rings is 1. The Morgan fingerprint density at radius 1 is 1.02 bits per heavy atom. The third-order valence-electron chi connectivity index (χ3n) is 7.46. The molecule has 42 heavy (non-hydrogen) atoms. The molecule has 0 bridgehead atoms. The van der Waals surface area contributed by atoms with Crippen LogP contribution in [0.5, 0.6) is 5.75 Å². The summed E-state index contributed by atoms with van der Waals surface area (Å²) in [7, 11) is 0. The molecule has 0 radical (unpaired) electrons. The number of hydrogen-bond donors (Lipinski definition) is 1. The van der Waals surface area contributed by atoms with Crippen molar-refractivity contribution < 1.29 is 27.8 Å². The fraction of sp³-hybridized carbons (Fsp3) is 0.333. The molecular formula is C33H33F3N2O3S. The minimum absolute atomic E-state index is 0.102. The third kappa shape index (κ3) is 7.50. The molecule has 0 saturated heterocycles. The van der Waals surface area contributed by atoms with Gasteiger partial charge in [0.25, 0.3) is 0 Å². The largest absolute Gasteiger partial charge is 0.489 e. The van der Waals surface area contributed by atoms with Crippen LogP contribution in [-0.4, -0.2) is 22.6 Å². The summed E-state index contributed by atoms with van der Waals surface area (Å²) in [5, 5.41) is 11.9. The summed E-state index contributed by atoms with van der Waals surface area (Å²) in [5.41, 5.74) is 3.84. The first-order valence-corrected chi connectivity index (χ1v) is 14.9. The van der Waals surface area contributed by atoms with Crippen molar-refractivity contribution in [2.45, 2.75) is 51.9 Å². The van der Waals surface area contributed by atoms with Crippen LogP contribution in [0.3, 0.4) is 0 Å². The predicted molar refractivity (Wildman–Crippen MR) is 159 cm³/mol. The van der Waals surface area contributed by atoms with Crippen molar-refractivity contribution >= 4 is 22.4 Å². The van der Waals surface area contributed by atoms with E-state index in [1.165, 1.54) is 23.5 Å². The van der Waals surface area contributed by atoms with Crippen molar-refractivity contribution in [2.75, 3.05) is 11.4 Å². The lowest BCUT2D eigenvalue weighted by atomic mass is 10.1. The number of rotatable bonds is 12. The molecule has 1 aliphatic carbocycles.